The first-order chi connectivity index (χ1) is 9.70. The molecule has 106 valence electrons. The first kappa shape index (κ1) is 13.3. The van der Waals surface area contributed by atoms with Gasteiger partial charge in [0.15, 0.2) is 5.82 Å². The van der Waals surface area contributed by atoms with Crippen LogP contribution in [0.4, 0.5) is 5.82 Å². The number of nitrogens with zero attached hydrogens (tertiary/aromatic N) is 6. The van der Waals surface area contributed by atoms with E-state index in [4.69, 9.17) is 16.1 Å². The van der Waals surface area contributed by atoms with Gasteiger partial charge in [0.25, 0.3) is 0 Å². The van der Waals surface area contributed by atoms with Crippen LogP contribution in [0.1, 0.15) is 11.7 Å². The van der Waals surface area contributed by atoms with Crippen LogP contribution < -0.4 is 4.90 Å². The van der Waals surface area contributed by atoms with E-state index in [1.54, 1.807) is 19.3 Å². The predicted molar refractivity (Wildman–Crippen MR) is 73.6 cm³/mol. The molecule has 0 saturated carbocycles. The zero-order valence-electron chi connectivity index (χ0n) is 11.2. The molecule has 0 unspecified atom stereocenters. The molecule has 1 aliphatic rings. The average Bonchev–Trinajstić information content (AvgIpc) is 2.85. The molecule has 1 saturated heterocycles. The molecule has 7 nitrogen and oxygen atoms in total. The molecule has 0 amide bonds. The molecule has 1 aliphatic heterocycles. The first-order valence-electron chi connectivity index (χ1n) is 6.45. The SMILES string of the molecule is Cc1nc(CN2CCN(c3cncc(Cl)n3)CC2)no1. The monoisotopic (exact) mass is 294 g/mol. The van der Waals surface area contributed by atoms with Crippen molar-refractivity contribution in [1.29, 1.82) is 0 Å². The van der Waals surface area contributed by atoms with Gasteiger partial charge < -0.3 is 9.42 Å². The van der Waals surface area contributed by atoms with Gasteiger partial charge in [0.1, 0.15) is 11.0 Å². The Kier molecular flexibility index (Phi) is 3.79. The largest absolute Gasteiger partial charge is 0.353 e. The molecule has 2 aromatic rings. The lowest BCUT2D eigenvalue weighted by Crippen LogP contribution is -2.46. The summed E-state index contributed by atoms with van der Waals surface area (Å²) in [4.78, 5) is 17.0. The van der Waals surface area contributed by atoms with Crippen LogP contribution in [0.15, 0.2) is 16.9 Å². The topological polar surface area (TPSA) is 71.2 Å². The lowest BCUT2D eigenvalue weighted by Gasteiger charge is -2.34. The third-order valence-corrected chi connectivity index (χ3v) is 3.41. The third kappa shape index (κ3) is 3.05. The number of hydrogen-bond acceptors (Lipinski definition) is 7. The van der Waals surface area contributed by atoms with E-state index >= 15 is 0 Å². The number of aryl methyl sites for hydroxylation is 1. The highest BCUT2D eigenvalue weighted by Gasteiger charge is 2.19. The molecule has 0 spiro atoms. The Hall–Kier alpha value is -1.73. The Morgan fingerprint density at radius 2 is 2.00 bits per heavy atom. The summed E-state index contributed by atoms with van der Waals surface area (Å²) in [5, 5.41) is 4.34. The molecule has 3 heterocycles. The van der Waals surface area contributed by atoms with Crippen molar-refractivity contribution in [3.8, 4) is 0 Å². The number of piperazine rings is 1. The molecule has 8 heteroatoms. The second kappa shape index (κ2) is 5.72. The Morgan fingerprint density at radius 3 is 2.65 bits per heavy atom. The van der Waals surface area contributed by atoms with Crippen molar-refractivity contribution in [2.45, 2.75) is 13.5 Å². The van der Waals surface area contributed by atoms with Crippen LogP contribution in [-0.4, -0.2) is 51.2 Å². The minimum atomic E-state index is 0.423. The second-order valence-electron chi connectivity index (χ2n) is 4.69. The van der Waals surface area contributed by atoms with Crippen molar-refractivity contribution in [2.24, 2.45) is 0 Å². The van der Waals surface area contributed by atoms with Gasteiger partial charge in [0, 0.05) is 33.1 Å². The van der Waals surface area contributed by atoms with Gasteiger partial charge in [0.2, 0.25) is 5.89 Å². The molecule has 0 bridgehead atoms. The number of hydrogen-bond donors (Lipinski definition) is 0. The minimum absolute atomic E-state index is 0.423. The summed E-state index contributed by atoms with van der Waals surface area (Å²) in [5.74, 6) is 2.17. The fourth-order valence-corrected chi connectivity index (χ4v) is 2.37. The van der Waals surface area contributed by atoms with E-state index in [1.807, 2.05) is 0 Å². The van der Waals surface area contributed by atoms with E-state index in [1.165, 1.54) is 0 Å². The number of halogens is 1. The molecular weight excluding hydrogens is 280 g/mol. The Morgan fingerprint density at radius 1 is 1.20 bits per heavy atom. The molecule has 0 N–H and O–H groups in total. The summed E-state index contributed by atoms with van der Waals surface area (Å²) in [6.45, 7) is 6.11. The van der Waals surface area contributed by atoms with Crippen molar-refractivity contribution < 1.29 is 4.52 Å². The highest BCUT2D eigenvalue weighted by molar-refractivity contribution is 6.29. The van der Waals surface area contributed by atoms with Crippen molar-refractivity contribution in [3.05, 3.63) is 29.3 Å². The standard InChI is InChI=1S/C12H15ClN6O/c1-9-15-11(17-20-9)8-18-2-4-19(5-3-18)12-7-14-6-10(13)16-12/h6-7H,2-5,8H2,1H3. The summed E-state index contributed by atoms with van der Waals surface area (Å²) in [6.07, 6.45) is 3.28. The highest BCUT2D eigenvalue weighted by Crippen LogP contribution is 2.15. The van der Waals surface area contributed by atoms with Gasteiger partial charge in [-0.05, 0) is 0 Å². The van der Waals surface area contributed by atoms with Crippen molar-refractivity contribution >= 4 is 17.4 Å². The number of rotatable bonds is 3. The van der Waals surface area contributed by atoms with E-state index in [-0.39, 0.29) is 0 Å². The van der Waals surface area contributed by atoms with Crippen molar-refractivity contribution in [3.63, 3.8) is 0 Å². The van der Waals surface area contributed by atoms with Gasteiger partial charge >= 0.3 is 0 Å². The maximum Gasteiger partial charge on any atom is 0.223 e. The van der Waals surface area contributed by atoms with Gasteiger partial charge in [-0.3, -0.25) is 9.88 Å². The Labute approximate surface area is 121 Å². The smallest absolute Gasteiger partial charge is 0.223 e. The summed E-state index contributed by atoms with van der Waals surface area (Å²) < 4.78 is 4.98. The van der Waals surface area contributed by atoms with E-state index in [2.05, 4.69) is 29.9 Å². The van der Waals surface area contributed by atoms with E-state index in [0.717, 1.165) is 37.8 Å². The van der Waals surface area contributed by atoms with E-state index < -0.39 is 0 Å². The molecule has 0 atom stereocenters. The van der Waals surface area contributed by atoms with Crippen LogP contribution in [0.3, 0.4) is 0 Å². The summed E-state index contributed by atoms with van der Waals surface area (Å²) >= 11 is 5.86. The molecule has 3 rings (SSSR count). The molecular formula is C12H15ClN6O. The molecule has 0 aliphatic carbocycles. The fourth-order valence-electron chi connectivity index (χ4n) is 2.23. The number of anilines is 1. The van der Waals surface area contributed by atoms with Crippen LogP contribution in [0.5, 0.6) is 0 Å². The molecule has 2 aromatic heterocycles. The van der Waals surface area contributed by atoms with Crippen LogP contribution in [0, 0.1) is 6.92 Å². The van der Waals surface area contributed by atoms with Crippen LogP contribution in [0.2, 0.25) is 5.15 Å². The normalized spacial score (nSPS) is 16.6. The average molecular weight is 295 g/mol. The van der Waals surface area contributed by atoms with Gasteiger partial charge in [0.05, 0.1) is 18.9 Å². The van der Waals surface area contributed by atoms with Gasteiger partial charge in [-0.15, -0.1) is 0 Å². The van der Waals surface area contributed by atoms with Crippen LogP contribution in [-0.2, 0) is 6.54 Å². The lowest BCUT2D eigenvalue weighted by molar-refractivity contribution is 0.239. The number of aromatic nitrogens is 4. The maximum atomic E-state index is 5.86. The van der Waals surface area contributed by atoms with Crippen molar-refractivity contribution in [2.75, 3.05) is 31.1 Å². The van der Waals surface area contributed by atoms with Crippen LogP contribution >= 0.6 is 11.6 Å². The predicted octanol–water partition coefficient (Wildman–Crippen LogP) is 1.14. The van der Waals surface area contributed by atoms with Crippen molar-refractivity contribution in [1.82, 2.24) is 25.0 Å². The molecule has 20 heavy (non-hydrogen) atoms. The summed E-state index contributed by atoms with van der Waals surface area (Å²) in [5.41, 5.74) is 0. The second-order valence-corrected chi connectivity index (χ2v) is 5.08. The van der Waals surface area contributed by atoms with Crippen LogP contribution in [0.25, 0.3) is 0 Å². The quantitative estimate of drug-likeness (QED) is 0.840. The van der Waals surface area contributed by atoms with E-state index in [0.29, 0.717) is 17.6 Å². The summed E-state index contributed by atoms with van der Waals surface area (Å²) in [6, 6.07) is 0. The fraction of sp³-hybridized carbons (Fsp3) is 0.500. The zero-order valence-corrected chi connectivity index (χ0v) is 11.9. The Balaban J connectivity index is 1.57. The highest BCUT2D eigenvalue weighted by atomic mass is 35.5. The lowest BCUT2D eigenvalue weighted by atomic mass is 10.3. The summed E-state index contributed by atoms with van der Waals surface area (Å²) in [7, 11) is 0. The minimum Gasteiger partial charge on any atom is -0.353 e. The first-order valence-corrected chi connectivity index (χ1v) is 6.82. The maximum absolute atomic E-state index is 5.86. The molecule has 1 fully saturated rings. The van der Waals surface area contributed by atoms with Gasteiger partial charge in [-0.1, -0.05) is 16.8 Å². The van der Waals surface area contributed by atoms with E-state index in [9.17, 15) is 0 Å². The third-order valence-electron chi connectivity index (χ3n) is 3.22. The zero-order chi connectivity index (χ0) is 13.9. The molecule has 0 aromatic carbocycles. The molecule has 0 radical (unpaired) electrons. The van der Waals surface area contributed by atoms with Gasteiger partial charge in [-0.25, -0.2) is 4.98 Å². The van der Waals surface area contributed by atoms with Gasteiger partial charge in [-0.2, -0.15) is 4.98 Å². The Bertz CT molecular complexity index is 581.